The third-order valence-electron chi connectivity index (χ3n) is 3.98. The highest BCUT2D eigenvalue weighted by Crippen LogP contribution is 2.31. The summed E-state index contributed by atoms with van der Waals surface area (Å²) in [7, 11) is 0. The van der Waals surface area contributed by atoms with Crippen LogP contribution < -0.4 is 5.32 Å². The second kappa shape index (κ2) is 8.77. The zero-order valence-corrected chi connectivity index (χ0v) is 17.5. The van der Waals surface area contributed by atoms with Crippen molar-refractivity contribution in [2.24, 2.45) is 0 Å². The summed E-state index contributed by atoms with van der Waals surface area (Å²) in [4.78, 5) is 24.2. The first kappa shape index (κ1) is 20.4. The summed E-state index contributed by atoms with van der Waals surface area (Å²) in [6.45, 7) is 3.26. The third-order valence-corrected chi connectivity index (χ3v) is 5.55. The van der Waals surface area contributed by atoms with Gasteiger partial charge < -0.3 is 10.1 Å². The molecule has 0 aliphatic rings. The van der Waals surface area contributed by atoms with E-state index in [2.05, 4.69) is 10.4 Å². The molecule has 3 rings (SSSR count). The van der Waals surface area contributed by atoms with Crippen molar-refractivity contribution in [2.75, 3.05) is 11.9 Å². The average Bonchev–Trinajstić information content (AvgIpc) is 3.13. The minimum atomic E-state index is -0.556. The van der Waals surface area contributed by atoms with Crippen LogP contribution in [0, 0.1) is 13.8 Å². The van der Waals surface area contributed by atoms with Crippen LogP contribution in [0.15, 0.2) is 36.4 Å². The number of aromatic nitrogens is 2. The van der Waals surface area contributed by atoms with Crippen LogP contribution in [0.1, 0.15) is 17.0 Å². The molecule has 28 heavy (non-hydrogen) atoms. The minimum absolute atomic E-state index is 0.0423. The quantitative estimate of drug-likeness (QED) is 0.572. The normalized spacial score (nSPS) is 10.7. The van der Waals surface area contributed by atoms with Crippen molar-refractivity contribution in [1.82, 2.24) is 9.78 Å². The molecule has 2 aromatic heterocycles. The molecule has 9 heteroatoms. The number of benzene rings is 1. The molecule has 0 spiro atoms. The lowest BCUT2D eigenvalue weighted by Gasteiger charge is -2.08. The van der Waals surface area contributed by atoms with Crippen molar-refractivity contribution in [3.8, 4) is 5.69 Å². The van der Waals surface area contributed by atoms with Crippen LogP contribution in [-0.2, 0) is 20.7 Å². The molecule has 0 aliphatic heterocycles. The number of hydrogen-bond acceptors (Lipinski definition) is 5. The Morgan fingerprint density at radius 3 is 2.57 bits per heavy atom. The topological polar surface area (TPSA) is 73.2 Å². The van der Waals surface area contributed by atoms with Gasteiger partial charge in [-0.25, -0.2) is 4.68 Å². The number of ether oxygens (including phenoxy) is 1. The number of nitrogens with one attached hydrogen (secondary N) is 1. The Kier molecular flexibility index (Phi) is 6.39. The second-order valence-corrected chi connectivity index (χ2v) is 8.31. The molecule has 1 amide bonds. The number of carbonyl (C=O) groups excluding carboxylic acids is 2. The van der Waals surface area contributed by atoms with E-state index in [1.165, 1.54) is 11.3 Å². The van der Waals surface area contributed by atoms with Gasteiger partial charge in [-0.1, -0.05) is 41.4 Å². The fraction of sp³-hybridized carbons (Fsp3) is 0.211. The third kappa shape index (κ3) is 4.73. The molecule has 0 atom stereocenters. The van der Waals surface area contributed by atoms with Crippen molar-refractivity contribution in [3.63, 3.8) is 0 Å². The van der Waals surface area contributed by atoms with Crippen LogP contribution in [0.3, 0.4) is 0 Å². The standard InChI is InChI=1S/C19H17Cl2N3O3S/c1-11-18(12(2)24(23-11)14-6-4-3-5-7-14)22-16(25)10-27-17(26)9-13-8-15(20)28-19(13)21/h3-8H,9-10H2,1-2H3,(H,22,25). The fourth-order valence-electron chi connectivity index (χ4n) is 2.67. The molecule has 3 aromatic rings. The molecule has 2 heterocycles. The number of nitrogens with zero attached hydrogens (tertiary/aromatic N) is 2. The van der Waals surface area contributed by atoms with Crippen LogP contribution >= 0.6 is 34.5 Å². The van der Waals surface area contributed by atoms with Crippen molar-refractivity contribution < 1.29 is 14.3 Å². The summed E-state index contributed by atoms with van der Waals surface area (Å²) < 4.78 is 7.72. The minimum Gasteiger partial charge on any atom is -0.455 e. The first-order valence-electron chi connectivity index (χ1n) is 8.36. The van der Waals surface area contributed by atoms with E-state index < -0.39 is 18.5 Å². The van der Waals surface area contributed by atoms with E-state index in [9.17, 15) is 9.59 Å². The second-order valence-electron chi connectivity index (χ2n) is 6.03. The highest BCUT2D eigenvalue weighted by molar-refractivity contribution is 7.20. The molecule has 0 bridgehead atoms. The van der Waals surface area contributed by atoms with Gasteiger partial charge in [0.05, 0.1) is 37.9 Å². The number of aryl methyl sites for hydroxylation is 1. The predicted molar refractivity (Wildman–Crippen MR) is 111 cm³/mol. The van der Waals surface area contributed by atoms with Gasteiger partial charge in [0.1, 0.15) is 0 Å². The zero-order valence-electron chi connectivity index (χ0n) is 15.2. The number of carbonyl (C=O) groups is 2. The lowest BCUT2D eigenvalue weighted by atomic mass is 10.2. The Bertz CT molecular complexity index is 1020. The summed E-state index contributed by atoms with van der Waals surface area (Å²) in [5.74, 6) is -0.999. The van der Waals surface area contributed by atoms with Crippen molar-refractivity contribution >= 4 is 52.1 Å². The molecule has 1 N–H and O–H groups in total. The molecular weight excluding hydrogens is 421 g/mol. The summed E-state index contributed by atoms with van der Waals surface area (Å²) in [6, 6.07) is 11.2. The first-order chi connectivity index (χ1) is 13.3. The number of para-hydroxylation sites is 1. The van der Waals surface area contributed by atoms with Crippen molar-refractivity contribution in [1.29, 1.82) is 0 Å². The summed E-state index contributed by atoms with van der Waals surface area (Å²) >= 11 is 13.0. The molecule has 0 saturated carbocycles. The van der Waals surface area contributed by atoms with E-state index in [0.29, 0.717) is 25.6 Å². The van der Waals surface area contributed by atoms with E-state index in [4.69, 9.17) is 27.9 Å². The molecular formula is C19H17Cl2N3O3S. The molecule has 0 unspecified atom stereocenters. The van der Waals surface area contributed by atoms with Gasteiger partial charge in [-0.15, -0.1) is 11.3 Å². The van der Waals surface area contributed by atoms with Gasteiger partial charge in [-0.05, 0) is 37.6 Å². The molecule has 6 nitrogen and oxygen atoms in total. The van der Waals surface area contributed by atoms with E-state index in [1.54, 1.807) is 17.7 Å². The Morgan fingerprint density at radius 2 is 1.93 bits per heavy atom. The molecule has 0 radical (unpaired) electrons. The number of anilines is 1. The predicted octanol–water partition coefficient (Wildman–Crippen LogP) is 4.58. The first-order valence-corrected chi connectivity index (χ1v) is 9.93. The SMILES string of the molecule is Cc1nn(-c2ccccc2)c(C)c1NC(=O)COC(=O)Cc1cc(Cl)sc1Cl. The number of thiophene rings is 1. The number of rotatable bonds is 6. The Balaban J connectivity index is 1.60. The molecule has 146 valence electrons. The Labute approximate surface area is 176 Å². The number of amides is 1. The van der Waals surface area contributed by atoms with Crippen LogP contribution in [-0.4, -0.2) is 28.3 Å². The maximum absolute atomic E-state index is 12.2. The van der Waals surface area contributed by atoms with E-state index >= 15 is 0 Å². The van der Waals surface area contributed by atoms with Crippen molar-refractivity contribution in [2.45, 2.75) is 20.3 Å². The van der Waals surface area contributed by atoms with Gasteiger partial charge >= 0.3 is 5.97 Å². The zero-order chi connectivity index (χ0) is 20.3. The van der Waals surface area contributed by atoms with Crippen LogP contribution in [0.2, 0.25) is 8.67 Å². The summed E-state index contributed by atoms with van der Waals surface area (Å²) in [5, 5.41) is 7.22. The number of hydrogen-bond donors (Lipinski definition) is 1. The lowest BCUT2D eigenvalue weighted by Crippen LogP contribution is -2.22. The van der Waals surface area contributed by atoms with E-state index in [0.717, 1.165) is 11.4 Å². The summed E-state index contributed by atoms with van der Waals surface area (Å²) in [6.07, 6.45) is -0.0423. The van der Waals surface area contributed by atoms with Crippen molar-refractivity contribution in [3.05, 3.63) is 62.0 Å². The van der Waals surface area contributed by atoms with Gasteiger partial charge in [-0.3, -0.25) is 9.59 Å². The number of esters is 1. The maximum atomic E-state index is 12.2. The van der Waals surface area contributed by atoms with Gasteiger partial charge in [0.2, 0.25) is 0 Å². The highest BCUT2D eigenvalue weighted by atomic mass is 35.5. The molecule has 0 saturated heterocycles. The largest absolute Gasteiger partial charge is 0.455 e. The van der Waals surface area contributed by atoms with Gasteiger partial charge in [-0.2, -0.15) is 5.10 Å². The van der Waals surface area contributed by atoms with E-state index in [1.807, 2.05) is 37.3 Å². The van der Waals surface area contributed by atoms with Gasteiger partial charge in [0.15, 0.2) is 6.61 Å². The highest BCUT2D eigenvalue weighted by Gasteiger charge is 2.17. The van der Waals surface area contributed by atoms with Crippen LogP contribution in [0.4, 0.5) is 5.69 Å². The summed E-state index contributed by atoms with van der Waals surface area (Å²) in [5.41, 5.74) is 3.51. The van der Waals surface area contributed by atoms with E-state index in [-0.39, 0.29) is 6.42 Å². The van der Waals surface area contributed by atoms with Gasteiger partial charge in [0, 0.05) is 0 Å². The smallest absolute Gasteiger partial charge is 0.310 e. The van der Waals surface area contributed by atoms with Crippen LogP contribution in [0.25, 0.3) is 5.69 Å². The lowest BCUT2D eigenvalue weighted by molar-refractivity contribution is -0.146. The Morgan fingerprint density at radius 1 is 1.21 bits per heavy atom. The fourth-order valence-corrected chi connectivity index (χ4v) is 4.15. The molecule has 0 fully saturated rings. The van der Waals surface area contributed by atoms with Gasteiger partial charge in [0.25, 0.3) is 5.91 Å². The monoisotopic (exact) mass is 437 g/mol. The maximum Gasteiger partial charge on any atom is 0.310 e. The van der Waals surface area contributed by atoms with Crippen LogP contribution in [0.5, 0.6) is 0 Å². The Hall–Kier alpha value is -2.35. The number of halogens is 2. The molecule has 1 aromatic carbocycles. The average molecular weight is 438 g/mol. The molecule has 0 aliphatic carbocycles.